The van der Waals surface area contributed by atoms with Gasteiger partial charge in [0.1, 0.15) is 5.82 Å². The maximum atomic E-state index is 13.2. The summed E-state index contributed by atoms with van der Waals surface area (Å²) < 4.78 is 54.3. The fourth-order valence-corrected chi connectivity index (χ4v) is 3.06. The average molecular weight is 405 g/mol. The second-order valence-electron chi connectivity index (χ2n) is 6.77. The van der Waals surface area contributed by atoms with Gasteiger partial charge in [0.05, 0.1) is 17.8 Å². The highest BCUT2D eigenvalue weighted by atomic mass is 19.4. The van der Waals surface area contributed by atoms with Gasteiger partial charge in [-0.05, 0) is 55.3 Å². The minimum atomic E-state index is -4.71. The lowest BCUT2D eigenvalue weighted by Gasteiger charge is -2.14. The summed E-state index contributed by atoms with van der Waals surface area (Å²) in [5.74, 6) is -1.50. The lowest BCUT2D eigenvalue weighted by Crippen LogP contribution is -2.24. The number of benzene rings is 2. The van der Waals surface area contributed by atoms with Gasteiger partial charge in [-0.3, -0.25) is 9.48 Å². The molecule has 0 bridgehead atoms. The summed E-state index contributed by atoms with van der Waals surface area (Å²) in [6.07, 6.45) is -4.71. The number of halogens is 4. The molecule has 0 spiro atoms. The van der Waals surface area contributed by atoms with Crippen molar-refractivity contribution in [3.63, 3.8) is 0 Å². The van der Waals surface area contributed by atoms with Gasteiger partial charge in [0.15, 0.2) is 0 Å². The minimum Gasteiger partial charge on any atom is -0.348 e. The van der Waals surface area contributed by atoms with E-state index in [4.69, 9.17) is 0 Å². The van der Waals surface area contributed by atoms with E-state index < -0.39 is 23.5 Å². The summed E-state index contributed by atoms with van der Waals surface area (Å²) in [5.41, 5.74) is 1.72. The van der Waals surface area contributed by atoms with Crippen LogP contribution in [0.2, 0.25) is 0 Å². The van der Waals surface area contributed by atoms with Gasteiger partial charge in [0, 0.05) is 17.8 Å². The van der Waals surface area contributed by atoms with Crippen LogP contribution >= 0.6 is 0 Å². The van der Waals surface area contributed by atoms with Crippen LogP contribution in [0.25, 0.3) is 0 Å². The van der Waals surface area contributed by atoms with Crippen LogP contribution in [0.1, 0.15) is 38.4 Å². The van der Waals surface area contributed by atoms with Crippen LogP contribution in [0.4, 0.5) is 17.6 Å². The Morgan fingerprint density at radius 2 is 1.86 bits per heavy atom. The molecule has 0 saturated heterocycles. The van der Waals surface area contributed by atoms with Gasteiger partial charge >= 0.3 is 6.18 Å². The van der Waals surface area contributed by atoms with E-state index in [-0.39, 0.29) is 12.1 Å². The van der Waals surface area contributed by atoms with Gasteiger partial charge in [0.25, 0.3) is 5.91 Å². The topological polar surface area (TPSA) is 46.9 Å². The molecule has 0 unspecified atom stereocenters. The molecule has 0 atom stereocenters. The van der Waals surface area contributed by atoms with E-state index >= 15 is 0 Å². The number of hydrogen-bond acceptors (Lipinski definition) is 2. The van der Waals surface area contributed by atoms with Crippen LogP contribution in [0.5, 0.6) is 0 Å². The van der Waals surface area contributed by atoms with Gasteiger partial charge in [-0.15, -0.1) is 0 Å². The molecule has 8 heteroatoms. The van der Waals surface area contributed by atoms with Gasteiger partial charge < -0.3 is 5.32 Å². The first-order valence-electron chi connectivity index (χ1n) is 8.87. The highest BCUT2D eigenvalue weighted by Crippen LogP contribution is 2.32. The van der Waals surface area contributed by atoms with Crippen LogP contribution < -0.4 is 5.32 Å². The van der Waals surface area contributed by atoms with Crippen LogP contribution in [0, 0.1) is 19.7 Å². The van der Waals surface area contributed by atoms with E-state index in [0.717, 1.165) is 29.1 Å². The number of amides is 1. The molecular formula is C21H19F4N3O. The summed E-state index contributed by atoms with van der Waals surface area (Å²) in [4.78, 5) is 12.4. The van der Waals surface area contributed by atoms with E-state index in [9.17, 15) is 22.4 Å². The number of aromatic nitrogens is 2. The van der Waals surface area contributed by atoms with Crippen molar-refractivity contribution in [3.05, 3.63) is 88.0 Å². The monoisotopic (exact) mass is 405 g/mol. The first-order chi connectivity index (χ1) is 13.6. The molecule has 1 N–H and O–H groups in total. The number of rotatable bonds is 5. The Balaban J connectivity index is 1.73. The predicted molar refractivity (Wildman–Crippen MR) is 99.8 cm³/mol. The van der Waals surface area contributed by atoms with Crippen molar-refractivity contribution in [1.82, 2.24) is 15.1 Å². The number of carbonyl (C=O) groups is 1. The second kappa shape index (κ2) is 8.06. The summed E-state index contributed by atoms with van der Waals surface area (Å²) in [6, 6.07) is 11.1. The number of aryl methyl sites for hydroxylation is 2. The van der Waals surface area contributed by atoms with Crippen molar-refractivity contribution in [3.8, 4) is 0 Å². The zero-order valence-electron chi connectivity index (χ0n) is 15.8. The Kier molecular flexibility index (Phi) is 5.72. The van der Waals surface area contributed by atoms with E-state index in [1.54, 1.807) is 22.9 Å². The first-order valence-corrected chi connectivity index (χ1v) is 8.87. The molecule has 3 aromatic rings. The smallest absolute Gasteiger partial charge is 0.348 e. The molecule has 2 aromatic carbocycles. The molecule has 29 heavy (non-hydrogen) atoms. The molecule has 1 heterocycles. The Morgan fingerprint density at radius 1 is 1.10 bits per heavy atom. The zero-order chi connectivity index (χ0) is 21.2. The standard InChI is InChI=1S/C21H19F4N3O/c1-13-8-14(2)28(27-13)12-15-4-3-5-16(9-15)20(29)26-11-17-6-7-18(22)10-19(17)21(23,24)25/h3-10H,11-12H2,1-2H3,(H,26,29). The Hall–Kier alpha value is -3.16. The molecule has 4 nitrogen and oxygen atoms in total. The van der Waals surface area contributed by atoms with E-state index in [1.165, 1.54) is 0 Å². The molecule has 1 aromatic heterocycles. The fourth-order valence-electron chi connectivity index (χ4n) is 3.06. The van der Waals surface area contributed by atoms with Gasteiger partial charge in [-0.1, -0.05) is 18.2 Å². The van der Waals surface area contributed by atoms with Crippen LogP contribution in [0.15, 0.2) is 48.5 Å². The largest absolute Gasteiger partial charge is 0.416 e. The molecule has 1 amide bonds. The Morgan fingerprint density at radius 3 is 2.52 bits per heavy atom. The first kappa shape index (κ1) is 20.6. The summed E-state index contributed by atoms with van der Waals surface area (Å²) >= 11 is 0. The number of hydrogen-bond donors (Lipinski definition) is 1. The summed E-state index contributed by atoms with van der Waals surface area (Å²) in [6.45, 7) is 3.92. The van der Waals surface area contributed by atoms with Gasteiger partial charge in [0.2, 0.25) is 0 Å². The second-order valence-corrected chi connectivity index (χ2v) is 6.77. The van der Waals surface area contributed by atoms with E-state index in [1.807, 2.05) is 26.0 Å². The molecule has 0 radical (unpaired) electrons. The van der Waals surface area contributed by atoms with Crippen molar-refractivity contribution in [2.75, 3.05) is 0 Å². The molecule has 0 saturated carbocycles. The highest BCUT2D eigenvalue weighted by molar-refractivity contribution is 5.94. The molecular weight excluding hydrogens is 386 g/mol. The normalized spacial score (nSPS) is 11.5. The molecule has 0 aliphatic heterocycles. The Labute approximate surface area is 165 Å². The molecule has 3 rings (SSSR count). The number of nitrogens with zero attached hydrogens (tertiary/aromatic N) is 2. The maximum absolute atomic E-state index is 13.2. The maximum Gasteiger partial charge on any atom is 0.416 e. The molecule has 152 valence electrons. The van der Waals surface area contributed by atoms with Crippen LogP contribution in [0.3, 0.4) is 0 Å². The average Bonchev–Trinajstić information content (AvgIpc) is 2.96. The third kappa shape index (κ3) is 5.01. The molecule has 0 aliphatic rings. The van der Waals surface area contributed by atoms with Gasteiger partial charge in [-0.2, -0.15) is 18.3 Å². The van der Waals surface area contributed by atoms with Crippen molar-refractivity contribution in [1.29, 1.82) is 0 Å². The van der Waals surface area contributed by atoms with Crippen LogP contribution in [-0.2, 0) is 19.3 Å². The third-order valence-electron chi connectivity index (χ3n) is 4.44. The number of alkyl halides is 3. The summed E-state index contributed by atoms with van der Waals surface area (Å²) in [5, 5.41) is 6.84. The van der Waals surface area contributed by atoms with E-state index in [0.29, 0.717) is 18.2 Å². The van der Waals surface area contributed by atoms with Crippen molar-refractivity contribution in [2.45, 2.75) is 33.1 Å². The molecule has 0 aliphatic carbocycles. The fraction of sp³-hybridized carbons (Fsp3) is 0.238. The molecule has 0 fully saturated rings. The summed E-state index contributed by atoms with van der Waals surface area (Å²) in [7, 11) is 0. The highest BCUT2D eigenvalue weighted by Gasteiger charge is 2.33. The number of carbonyl (C=O) groups excluding carboxylic acids is 1. The number of nitrogens with one attached hydrogen (secondary N) is 1. The van der Waals surface area contributed by atoms with Crippen molar-refractivity contribution in [2.24, 2.45) is 0 Å². The third-order valence-corrected chi connectivity index (χ3v) is 4.44. The van der Waals surface area contributed by atoms with Gasteiger partial charge in [-0.25, -0.2) is 4.39 Å². The predicted octanol–water partition coefficient (Wildman–Crippen LogP) is 4.64. The van der Waals surface area contributed by atoms with Crippen LogP contribution in [-0.4, -0.2) is 15.7 Å². The quantitative estimate of drug-likeness (QED) is 0.629. The lowest BCUT2D eigenvalue weighted by atomic mass is 10.1. The van der Waals surface area contributed by atoms with Crippen molar-refractivity contribution >= 4 is 5.91 Å². The minimum absolute atomic E-state index is 0.203. The lowest BCUT2D eigenvalue weighted by molar-refractivity contribution is -0.138. The zero-order valence-corrected chi connectivity index (χ0v) is 15.8. The van der Waals surface area contributed by atoms with Crippen molar-refractivity contribution < 1.29 is 22.4 Å². The van der Waals surface area contributed by atoms with E-state index in [2.05, 4.69) is 10.4 Å². The Bertz CT molecular complexity index is 1040. The SMILES string of the molecule is Cc1cc(C)n(Cc2cccc(C(=O)NCc3ccc(F)cc3C(F)(F)F)c2)n1.